The van der Waals surface area contributed by atoms with Crippen LogP contribution in [0.5, 0.6) is 5.75 Å². The molecular weight excluding hydrogens is 272 g/mol. The van der Waals surface area contributed by atoms with Gasteiger partial charge in [-0.15, -0.1) is 6.58 Å². The maximum Gasteiger partial charge on any atom is 0.142 e. The SMILES string of the molecule is C=CCC(N)c1ccc2c(c1)N(Cc1ccccc1)CCO2. The lowest BCUT2D eigenvalue weighted by atomic mass is 10.0. The lowest BCUT2D eigenvalue weighted by molar-refractivity contribution is 0.306. The summed E-state index contributed by atoms with van der Waals surface area (Å²) >= 11 is 0. The molecule has 0 fully saturated rings. The summed E-state index contributed by atoms with van der Waals surface area (Å²) in [6.45, 7) is 6.27. The minimum Gasteiger partial charge on any atom is -0.490 e. The van der Waals surface area contributed by atoms with Crippen LogP contribution >= 0.6 is 0 Å². The molecule has 0 radical (unpaired) electrons. The fourth-order valence-electron chi connectivity index (χ4n) is 2.80. The summed E-state index contributed by atoms with van der Waals surface area (Å²) in [6, 6.07) is 16.7. The Morgan fingerprint density at radius 2 is 2.05 bits per heavy atom. The quantitative estimate of drug-likeness (QED) is 0.855. The Kier molecular flexibility index (Phi) is 4.45. The van der Waals surface area contributed by atoms with Gasteiger partial charge in [0.25, 0.3) is 0 Å². The van der Waals surface area contributed by atoms with E-state index in [-0.39, 0.29) is 6.04 Å². The molecule has 0 spiro atoms. The third-order valence-electron chi connectivity index (χ3n) is 4.01. The Bertz CT molecular complexity index is 639. The summed E-state index contributed by atoms with van der Waals surface area (Å²) in [5.74, 6) is 0.941. The molecule has 22 heavy (non-hydrogen) atoms. The summed E-state index contributed by atoms with van der Waals surface area (Å²) in [7, 11) is 0. The normalized spacial score (nSPS) is 14.9. The molecule has 0 saturated carbocycles. The number of benzene rings is 2. The van der Waals surface area contributed by atoms with Gasteiger partial charge in [0.1, 0.15) is 12.4 Å². The number of ether oxygens (including phenoxy) is 1. The maximum atomic E-state index is 6.21. The van der Waals surface area contributed by atoms with Crippen LogP contribution in [0.15, 0.2) is 61.2 Å². The third-order valence-corrected chi connectivity index (χ3v) is 4.01. The zero-order valence-electron chi connectivity index (χ0n) is 12.7. The lowest BCUT2D eigenvalue weighted by Gasteiger charge is -2.32. The van der Waals surface area contributed by atoms with E-state index in [1.807, 2.05) is 18.2 Å². The predicted octanol–water partition coefficient (Wildman–Crippen LogP) is 3.66. The molecule has 1 heterocycles. The van der Waals surface area contributed by atoms with Crippen molar-refractivity contribution in [1.29, 1.82) is 0 Å². The largest absolute Gasteiger partial charge is 0.490 e. The van der Waals surface area contributed by atoms with Gasteiger partial charge in [0.2, 0.25) is 0 Å². The van der Waals surface area contributed by atoms with Crippen molar-refractivity contribution in [1.82, 2.24) is 0 Å². The van der Waals surface area contributed by atoms with Crippen molar-refractivity contribution in [2.24, 2.45) is 5.73 Å². The van der Waals surface area contributed by atoms with Gasteiger partial charge in [0.15, 0.2) is 0 Å². The molecule has 3 nitrogen and oxygen atoms in total. The third kappa shape index (κ3) is 3.15. The second kappa shape index (κ2) is 6.67. The van der Waals surface area contributed by atoms with E-state index in [2.05, 4.69) is 47.9 Å². The first-order valence-corrected chi connectivity index (χ1v) is 7.70. The summed E-state index contributed by atoms with van der Waals surface area (Å²) in [5.41, 5.74) is 9.77. The summed E-state index contributed by atoms with van der Waals surface area (Å²) in [4.78, 5) is 2.36. The van der Waals surface area contributed by atoms with Gasteiger partial charge in [-0.25, -0.2) is 0 Å². The van der Waals surface area contributed by atoms with Gasteiger partial charge in [-0.1, -0.05) is 42.5 Å². The highest BCUT2D eigenvalue weighted by atomic mass is 16.5. The van der Waals surface area contributed by atoms with Crippen LogP contribution in [0.2, 0.25) is 0 Å². The van der Waals surface area contributed by atoms with Crippen molar-refractivity contribution in [3.05, 3.63) is 72.3 Å². The molecule has 0 aromatic heterocycles. The zero-order valence-corrected chi connectivity index (χ0v) is 12.7. The molecule has 0 bridgehead atoms. The van der Waals surface area contributed by atoms with Crippen molar-refractivity contribution in [3.63, 3.8) is 0 Å². The summed E-state index contributed by atoms with van der Waals surface area (Å²) in [6.07, 6.45) is 2.64. The molecule has 2 N–H and O–H groups in total. The van der Waals surface area contributed by atoms with E-state index in [0.29, 0.717) is 0 Å². The van der Waals surface area contributed by atoms with E-state index in [1.165, 1.54) is 5.56 Å². The molecular formula is C19H22N2O. The Labute approximate surface area is 132 Å². The van der Waals surface area contributed by atoms with Gasteiger partial charge >= 0.3 is 0 Å². The van der Waals surface area contributed by atoms with Crippen molar-refractivity contribution in [2.75, 3.05) is 18.1 Å². The van der Waals surface area contributed by atoms with Crippen molar-refractivity contribution >= 4 is 5.69 Å². The second-order valence-electron chi connectivity index (χ2n) is 5.61. The van der Waals surface area contributed by atoms with Gasteiger partial charge in [-0.2, -0.15) is 0 Å². The van der Waals surface area contributed by atoms with Gasteiger partial charge in [0, 0.05) is 12.6 Å². The highest BCUT2D eigenvalue weighted by Crippen LogP contribution is 2.35. The number of rotatable bonds is 5. The predicted molar refractivity (Wildman–Crippen MR) is 91.2 cm³/mol. The Morgan fingerprint density at radius 3 is 2.82 bits per heavy atom. The van der Waals surface area contributed by atoms with E-state index >= 15 is 0 Å². The first-order valence-electron chi connectivity index (χ1n) is 7.70. The van der Waals surface area contributed by atoms with Crippen LogP contribution in [0.4, 0.5) is 5.69 Å². The fourth-order valence-corrected chi connectivity index (χ4v) is 2.80. The Morgan fingerprint density at radius 1 is 1.23 bits per heavy atom. The molecule has 0 aliphatic carbocycles. The van der Waals surface area contributed by atoms with Gasteiger partial charge in [-0.05, 0) is 29.7 Å². The smallest absolute Gasteiger partial charge is 0.142 e. The van der Waals surface area contributed by atoms with Crippen LogP contribution in [0.1, 0.15) is 23.6 Å². The van der Waals surface area contributed by atoms with Crippen molar-refractivity contribution in [3.8, 4) is 5.75 Å². The van der Waals surface area contributed by atoms with E-state index in [9.17, 15) is 0 Å². The number of hydrogen-bond donors (Lipinski definition) is 1. The summed E-state index contributed by atoms with van der Waals surface area (Å²) < 4.78 is 5.78. The lowest BCUT2D eigenvalue weighted by Crippen LogP contribution is -2.32. The van der Waals surface area contributed by atoms with Crippen LogP contribution in [-0.4, -0.2) is 13.2 Å². The standard InChI is InChI=1S/C19H22N2O/c1-2-6-17(20)16-9-10-19-18(13-16)21(11-12-22-19)14-15-7-4-3-5-8-15/h2-5,7-10,13,17H,1,6,11-12,14,20H2. The van der Waals surface area contributed by atoms with Crippen LogP contribution in [-0.2, 0) is 6.54 Å². The molecule has 2 aromatic rings. The van der Waals surface area contributed by atoms with Crippen LogP contribution in [0, 0.1) is 0 Å². The highest BCUT2D eigenvalue weighted by Gasteiger charge is 2.19. The van der Waals surface area contributed by atoms with Gasteiger partial charge in [-0.3, -0.25) is 0 Å². The molecule has 0 amide bonds. The second-order valence-corrected chi connectivity index (χ2v) is 5.61. The molecule has 1 atom stereocenters. The minimum absolute atomic E-state index is 0.0108. The molecule has 3 rings (SSSR count). The zero-order chi connectivity index (χ0) is 15.4. The van der Waals surface area contributed by atoms with Crippen LogP contribution < -0.4 is 15.4 Å². The molecule has 1 aliphatic heterocycles. The number of nitrogens with two attached hydrogens (primary N) is 1. The van der Waals surface area contributed by atoms with Crippen molar-refractivity contribution in [2.45, 2.75) is 19.0 Å². The average molecular weight is 294 g/mol. The molecule has 0 saturated heterocycles. The van der Waals surface area contributed by atoms with E-state index in [1.54, 1.807) is 0 Å². The van der Waals surface area contributed by atoms with E-state index in [4.69, 9.17) is 10.5 Å². The number of nitrogens with zero attached hydrogens (tertiary/aromatic N) is 1. The van der Waals surface area contributed by atoms with Gasteiger partial charge in [0.05, 0.1) is 12.2 Å². The summed E-state index contributed by atoms with van der Waals surface area (Å²) in [5, 5.41) is 0. The maximum absolute atomic E-state index is 6.21. The minimum atomic E-state index is -0.0108. The number of fused-ring (bicyclic) bond motifs is 1. The topological polar surface area (TPSA) is 38.5 Å². The molecule has 114 valence electrons. The Balaban J connectivity index is 1.87. The van der Waals surface area contributed by atoms with Crippen LogP contribution in [0.3, 0.4) is 0 Å². The fraction of sp³-hybridized carbons (Fsp3) is 0.263. The molecule has 3 heteroatoms. The molecule has 2 aromatic carbocycles. The van der Waals surface area contributed by atoms with E-state index < -0.39 is 0 Å². The first-order chi connectivity index (χ1) is 10.8. The Hall–Kier alpha value is -2.26. The molecule has 1 aliphatic rings. The average Bonchev–Trinajstić information content (AvgIpc) is 2.56. The molecule has 1 unspecified atom stereocenters. The van der Waals surface area contributed by atoms with Crippen molar-refractivity contribution < 1.29 is 4.74 Å². The highest BCUT2D eigenvalue weighted by molar-refractivity contribution is 5.62. The van der Waals surface area contributed by atoms with E-state index in [0.717, 1.165) is 43.1 Å². The first kappa shape index (κ1) is 14.7. The number of hydrogen-bond acceptors (Lipinski definition) is 3. The monoisotopic (exact) mass is 294 g/mol. The number of anilines is 1. The van der Waals surface area contributed by atoms with Crippen LogP contribution in [0.25, 0.3) is 0 Å². The van der Waals surface area contributed by atoms with Gasteiger partial charge < -0.3 is 15.4 Å².